The molecule has 5 heteroatoms. The van der Waals surface area contributed by atoms with E-state index in [9.17, 15) is 4.79 Å². The Balaban J connectivity index is 1.31. The van der Waals surface area contributed by atoms with E-state index in [1.54, 1.807) is 0 Å². The number of nitrogens with one attached hydrogen (secondary N) is 1. The minimum absolute atomic E-state index is 0.0690. The Bertz CT molecular complexity index is 543. The second kappa shape index (κ2) is 8.68. The van der Waals surface area contributed by atoms with Crippen LogP contribution in [-0.2, 0) is 9.47 Å². The van der Waals surface area contributed by atoms with E-state index < -0.39 is 0 Å². The maximum absolute atomic E-state index is 12.3. The van der Waals surface area contributed by atoms with E-state index in [-0.39, 0.29) is 12.1 Å². The average Bonchev–Trinajstić information content (AvgIpc) is 3.06. The molecular formula is C20H30N2O3. The van der Waals surface area contributed by atoms with Crippen molar-refractivity contribution >= 4 is 6.03 Å². The molecule has 0 radical (unpaired) electrons. The maximum Gasteiger partial charge on any atom is 0.317 e. The van der Waals surface area contributed by atoms with Gasteiger partial charge in [0.2, 0.25) is 0 Å². The SMILES string of the molecule is C[C@H](OCCCNC(=O)N1CCC2(CCOCC2)C1)c1ccccc1. The van der Waals surface area contributed by atoms with Crippen molar-refractivity contribution in [2.24, 2.45) is 5.41 Å². The fraction of sp³-hybridized carbons (Fsp3) is 0.650. The highest BCUT2D eigenvalue weighted by Crippen LogP contribution is 2.39. The molecule has 2 saturated heterocycles. The maximum atomic E-state index is 12.3. The molecule has 5 nitrogen and oxygen atoms in total. The van der Waals surface area contributed by atoms with Gasteiger partial charge in [0.05, 0.1) is 6.10 Å². The summed E-state index contributed by atoms with van der Waals surface area (Å²) in [6.07, 6.45) is 4.20. The van der Waals surface area contributed by atoms with Gasteiger partial charge < -0.3 is 19.7 Å². The minimum Gasteiger partial charge on any atom is -0.381 e. The summed E-state index contributed by atoms with van der Waals surface area (Å²) in [5, 5.41) is 3.04. The highest BCUT2D eigenvalue weighted by atomic mass is 16.5. The van der Waals surface area contributed by atoms with Crippen LogP contribution in [0.3, 0.4) is 0 Å². The molecule has 2 heterocycles. The summed E-state index contributed by atoms with van der Waals surface area (Å²) < 4.78 is 11.3. The number of benzene rings is 1. The smallest absolute Gasteiger partial charge is 0.317 e. The van der Waals surface area contributed by atoms with Gasteiger partial charge in [0, 0.05) is 39.5 Å². The van der Waals surface area contributed by atoms with E-state index in [0.717, 1.165) is 52.0 Å². The number of carbonyl (C=O) groups is 1. The number of likely N-dealkylation sites (tertiary alicyclic amines) is 1. The lowest BCUT2D eigenvalue weighted by molar-refractivity contribution is 0.0208. The predicted octanol–water partition coefficient (Wildman–Crippen LogP) is 3.37. The monoisotopic (exact) mass is 346 g/mol. The lowest BCUT2D eigenvalue weighted by Crippen LogP contribution is -2.41. The van der Waals surface area contributed by atoms with Gasteiger partial charge in [-0.15, -0.1) is 0 Å². The molecule has 0 saturated carbocycles. The van der Waals surface area contributed by atoms with E-state index in [0.29, 0.717) is 18.6 Å². The zero-order valence-electron chi connectivity index (χ0n) is 15.2. The molecule has 0 aliphatic carbocycles. The summed E-state index contributed by atoms with van der Waals surface area (Å²) in [6, 6.07) is 10.3. The zero-order chi connectivity index (χ0) is 17.5. The first-order valence-electron chi connectivity index (χ1n) is 9.46. The first kappa shape index (κ1) is 18.2. The Morgan fingerprint density at radius 2 is 2.04 bits per heavy atom. The Labute approximate surface area is 150 Å². The molecule has 1 aromatic rings. The van der Waals surface area contributed by atoms with Crippen molar-refractivity contribution in [3.63, 3.8) is 0 Å². The highest BCUT2D eigenvalue weighted by molar-refractivity contribution is 5.74. The van der Waals surface area contributed by atoms with Gasteiger partial charge in [-0.3, -0.25) is 0 Å². The number of nitrogens with zero attached hydrogens (tertiary/aromatic N) is 1. The zero-order valence-corrected chi connectivity index (χ0v) is 15.2. The fourth-order valence-corrected chi connectivity index (χ4v) is 3.78. The lowest BCUT2D eigenvalue weighted by Gasteiger charge is -2.33. The number of hydrogen-bond donors (Lipinski definition) is 1. The highest BCUT2D eigenvalue weighted by Gasteiger charge is 2.40. The van der Waals surface area contributed by atoms with Crippen LogP contribution in [0.25, 0.3) is 0 Å². The van der Waals surface area contributed by atoms with Crippen LogP contribution in [0.2, 0.25) is 0 Å². The van der Waals surface area contributed by atoms with Crippen molar-refractivity contribution in [3.05, 3.63) is 35.9 Å². The van der Waals surface area contributed by atoms with Crippen molar-refractivity contribution in [3.8, 4) is 0 Å². The van der Waals surface area contributed by atoms with Crippen molar-refractivity contribution in [1.82, 2.24) is 10.2 Å². The number of rotatable bonds is 6. The van der Waals surface area contributed by atoms with Gasteiger partial charge in [-0.1, -0.05) is 30.3 Å². The van der Waals surface area contributed by atoms with Gasteiger partial charge in [0.15, 0.2) is 0 Å². The molecule has 1 aromatic carbocycles. The van der Waals surface area contributed by atoms with Crippen LogP contribution in [0.5, 0.6) is 0 Å². The number of amides is 2. The molecular weight excluding hydrogens is 316 g/mol. The van der Waals surface area contributed by atoms with Crippen LogP contribution in [0.4, 0.5) is 4.79 Å². The Hall–Kier alpha value is -1.59. The largest absolute Gasteiger partial charge is 0.381 e. The van der Waals surface area contributed by atoms with E-state index >= 15 is 0 Å². The third kappa shape index (κ3) is 4.95. The lowest BCUT2D eigenvalue weighted by atomic mass is 9.80. The van der Waals surface area contributed by atoms with Crippen molar-refractivity contribution in [1.29, 1.82) is 0 Å². The average molecular weight is 346 g/mol. The van der Waals surface area contributed by atoms with Gasteiger partial charge in [-0.25, -0.2) is 4.79 Å². The van der Waals surface area contributed by atoms with Gasteiger partial charge in [-0.05, 0) is 43.6 Å². The van der Waals surface area contributed by atoms with Crippen LogP contribution in [0.15, 0.2) is 30.3 Å². The second-order valence-electron chi connectivity index (χ2n) is 7.29. The summed E-state index contributed by atoms with van der Waals surface area (Å²) in [5.41, 5.74) is 1.49. The number of carbonyl (C=O) groups excluding carboxylic acids is 1. The summed E-state index contributed by atoms with van der Waals surface area (Å²) in [5.74, 6) is 0. The molecule has 2 aliphatic heterocycles. The van der Waals surface area contributed by atoms with Gasteiger partial charge in [-0.2, -0.15) is 0 Å². The first-order chi connectivity index (χ1) is 12.2. The third-order valence-electron chi connectivity index (χ3n) is 5.51. The molecule has 0 bridgehead atoms. The predicted molar refractivity (Wildman–Crippen MR) is 97.5 cm³/mol. The Morgan fingerprint density at radius 3 is 2.80 bits per heavy atom. The molecule has 1 N–H and O–H groups in total. The number of ether oxygens (including phenoxy) is 2. The summed E-state index contributed by atoms with van der Waals surface area (Å²) in [4.78, 5) is 14.3. The van der Waals surface area contributed by atoms with Crippen molar-refractivity contribution < 1.29 is 14.3 Å². The first-order valence-corrected chi connectivity index (χ1v) is 9.46. The summed E-state index contributed by atoms with van der Waals surface area (Å²) >= 11 is 0. The summed E-state index contributed by atoms with van der Waals surface area (Å²) in [6.45, 7) is 6.80. The topological polar surface area (TPSA) is 50.8 Å². The van der Waals surface area contributed by atoms with E-state index in [4.69, 9.17) is 9.47 Å². The minimum atomic E-state index is 0.0690. The quantitative estimate of drug-likeness (QED) is 0.804. The number of urea groups is 1. The molecule has 1 atom stereocenters. The molecule has 2 fully saturated rings. The molecule has 25 heavy (non-hydrogen) atoms. The van der Waals surface area contributed by atoms with Crippen LogP contribution < -0.4 is 5.32 Å². The Kier molecular flexibility index (Phi) is 6.32. The standard InChI is InChI=1S/C20H30N2O3/c1-17(18-6-3-2-4-7-18)25-13-5-11-21-19(23)22-12-8-20(16-22)9-14-24-15-10-20/h2-4,6-7,17H,5,8-16H2,1H3,(H,21,23)/t17-/m0/s1. The molecule has 2 aliphatic rings. The summed E-state index contributed by atoms with van der Waals surface area (Å²) in [7, 11) is 0. The van der Waals surface area contributed by atoms with E-state index in [1.807, 2.05) is 23.1 Å². The molecule has 0 unspecified atom stereocenters. The molecule has 2 amide bonds. The van der Waals surface area contributed by atoms with Crippen LogP contribution in [0.1, 0.15) is 44.3 Å². The van der Waals surface area contributed by atoms with E-state index in [2.05, 4.69) is 24.4 Å². The molecule has 1 spiro atoms. The van der Waals surface area contributed by atoms with Crippen LogP contribution >= 0.6 is 0 Å². The Morgan fingerprint density at radius 1 is 1.28 bits per heavy atom. The van der Waals surface area contributed by atoms with Crippen LogP contribution in [0, 0.1) is 5.41 Å². The van der Waals surface area contributed by atoms with E-state index in [1.165, 1.54) is 5.56 Å². The van der Waals surface area contributed by atoms with Crippen molar-refractivity contribution in [2.75, 3.05) is 39.5 Å². The fourth-order valence-electron chi connectivity index (χ4n) is 3.78. The van der Waals surface area contributed by atoms with Gasteiger partial charge >= 0.3 is 6.03 Å². The van der Waals surface area contributed by atoms with Crippen LogP contribution in [-0.4, -0.2) is 50.4 Å². The second-order valence-corrected chi connectivity index (χ2v) is 7.29. The number of hydrogen-bond acceptors (Lipinski definition) is 3. The molecule has 3 rings (SSSR count). The molecule has 138 valence electrons. The molecule has 0 aromatic heterocycles. The normalized spacial score (nSPS) is 20.6. The third-order valence-corrected chi connectivity index (χ3v) is 5.51. The van der Waals surface area contributed by atoms with Crippen molar-refractivity contribution in [2.45, 2.75) is 38.7 Å². The van der Waals surface area contributed by atoms with Gasteiger partial charge in [0.1, 0.15) is 0 Å². The van der Waals surface area contributed by atoms with Gasteiger partial charge in [0.25, 0.3) is 0 Å².